The number of carbonyl (C=O) groups excluding carboxylic acids is 1. The van der Waals surface area contributed by atoms with Gasteiger partial charge >= 0.3 is 0 Å². The number of hydrogen-bond donors (Lipinski definition) is 1. The molecule has 2 aromatic rings. The van der Waals surface area contributed by atoms with Crippen LogP contribution in [0.5, 0.6) is 5.75 Å². The number of amides is 1. The molecule has 5 atom stereocenters. The molecule has 10 heteroatoms. The van der Waals surface area contributed by atoms with E-state index in [0.717, 1.165) is 87.0 Å². The van der Waals surface area contributed by atoms with E-state index in [1.165, 1.54) is 37.7 Å². The second kappa shape index (κ2) is 15.8. The van der Waals surface area contributed by atoms with Gasteiger partial charge in [0, 0.05) is 43.3 Å². The summed E-state index contributed by atoms with van der Waals surface area (Å²) in [5.74, 6) is 1.40. The molecule has 7 rings (SSSR count). The topological polar surface area (TPSA) is 88.2 Å². The largest absolute Gasteiger partial charge is 0.487 e. The lowest BCUT2D eigenvalue weighted by atomic mass is 9.63. The Bertz CT molecular complexity index is 1690. The van der Waals surface area contributed by atoms with Crippen LogP contribution in [0.2, 0.25) is 5.02 Å². The van der Waals surface area contributed by atoms with Crippen molar-refractivity contribution >= 4 is 33.2 Å². The molecule has 0 radical (unpaired) electrons. The highest BCUT2D eigenvalue weighted by molar-refractivity contribution is 7.90. The first kappa shape index (κ1) is 36.8. The van der Waals surface area contributed by atoms with Gasteiger partial charge in [-0.1, -0.05) is 56.0 Å². The van der Waals surface area contributed by atoms with Gasteiger partial charge in [0.05, 0.1) is 17.5 Å². The molecule has 0 aromatic heterocycles. The highest BCUT2D eigenvalue weighted by Crippen LogP contribution is 2.48. The summed E-state index contributed by atoms with van der Waals surface area (Å²) in [5.41, 5.74) is 3.04. The van der Waals surface area contributed by atoms with Crippen LogP contribution in [0.25, 0.3) is 0 Å². The van der Waals surface area contributed by atoms with E-state index in [4.69, 9.17) is 21.1 Å². The summed E-state index contributed by atoms with van der Waals surface area (Å²) in [5, 5.41) is -0.0274. The molecule has 1 amide bonds. The molecule has 1 N–H and O–H groups in total. The summed E-state index contributed by atoms with van der Waals surface area (Å²) in [6.45, 7) is 9.34. The summed E-state index contributed by atoms with van der Waals surface area (Å²) >= 11 is 6.41. The second-order valence-electron chi connectivity index (χ2n) is 16.1. The van der Waals surface area contributed by atoms with Gasteiger partial charge in [0.25, 0.3) is 5.91 Å². The fourth-order valence-corrected chi connectivity index (χ4v) is 10.7. The van der Waals surface area contributed by atoms with Crippen molar-refractivity contribution in [2.75, 3.05) is 44.2 Å². The van der Waals surface area contributed by atoms with Gasteiger partial charge in [-0.3, -0.25) is 9.69 Å². The zero-order valence-electron chi connectivity index (χ0n) is 30.5. The molecule has 278 valence electrons. The number of ether oxygens (including phenoxy) is 2. The fraction of sp³-hybridized carbons (Fsp3) is 0.634. The van der Waals surface area contributed by atoms with Crippen LogP contribution in [0.1, 0.15) is 99.5 Å². The molecule has 1 saturated heterocycles. The quantitative estimate of drug-likeness (QED) is 0.315. The number of anilines is 1. The SMILES string of the molecule is C[C@@H]1[C@@H](C)C/C=C/[C@]2(CN(CC3CCCCC3)CCO2)[C@@H]2CC[C@H]2CN2CCCCc3cc(Cl)ccc3COc3ccc(cc32)C(=O)NS1(=O)=O. The number of nitrogens with one attached hydrogen (secondary N) is 1. The zero-order chi connectivity index (χ0) is 35.6. The van der Waals surface area contributed by atoms with Crippen LogP contribution in [0.3, 0.4) is 0 Å². The minimum absolute atomic E-state index is 0.190. The number of allylic oxidation sites excluding steroid dienone is 1. The summed E-state index contributed by atoms with van der Waals surface area (Å²) in [7, 11) is -3.93. The predicted octanol–water partition coefficient (Wildman–Crippen LogP) is 7.78. The minimum Gasteiger partial charge on any atom is -0.487 e. The summed E-state index contributed by atoms with van der Waals surface area (Å²) in [4.78, 5) is 18.7. The molecule has 1 spiro atoms. The number of hydrogen-bond acceptors (Lipinski definition) is 7. The number of morpholine rings is 1. The molecule has 2 aromatic carbocycles. The average Bonchev–Trinajstić information content (AvgIpc) is 3.13. The number of nitrogens with zero attached hydrogens (tertiary/aromatic N) is 2. The Morgan fingerprint density at radius 3 is 2.61 bits per heavy atom. The van der Waals surface area contributed by atoms with Crippen LogP contribution in [0.15, 0.2) is 48.6 Å². The fourth-order valence-electron chi connectivity index (χ4n) is 9.23. The van der Waals surface area contributed by atoms with Crippen LogP contribution in [0, 0.1) is 23.7 Å². The van der Waals surface area contributed by atoms with Gasteiger partial charge in [-0.15, -0.1) is 0 Å². The first-order valence-electron chi connectivity index (χ1n) is 19.5. The lowest BCUT2D eigenvalue weighted by Crippen LogP contribution is -2.60. The maximum Gasteiger partial charge on any atom is 0.264 e. The second-order valence-corrected chi connectivity index (χ2v) is 18.5. The Morgan fingerprint density at radius 2 is 1.80 bits per heavy atom. The molecule has 51 heavy (non-hydrogen) atoms. The first-order chi connectivity index (χ1) is 24.6. The molecule has 2 saturated carbocycles. The third-order valence-corrected chi connectivity index (χ3v) is 14.8. The molecule has 3 fully saturated rings. The van der Waals surface area contributed by atoms with E-state index in [0.29, 0.717) is 42.8 Å². The van der Waals surface area contributed by atoms with E-state index in [1.54, 1.807) is 13.0 Å². The van der Waals surface area contributed by atoms with Crippen LogP contribution in [-0.2, 0) is 27.8 Å². The molecule has 8 nitrogen and oxygen atoms in total. The van der Waals surface area contributed by atoms with E-state index in [9.17, 15) is 13.2 Å². The third-order valence-electron chi connectivity index (χ3n) is 12.7. The van der Waals surface area contributed by atoms with Crippen LogP contribution < -0.4 is 14.4 Å². The van der Waals surface area contributed by atoms with E-state index in [-0.39, 0.29) is 5.92 Å². The van der Waals surface area contributed by atoms with Crippen molar-refractivity contribution in [3.05, 3.63) is 70.3 Å². The highest BCUT2D eigenvalue weighted by atomic mass is 35.5. The Balaban J connectivity index is 1.24. The van der Waals surface area contributed by atoms with Crippen LogP contribution in [-0.4, -0.2) is 69.4 Å². The average molecular weight is 738 g/mol. The maximum atomic E-state index is 13.6. The number of halogens is 1. The van der Waals surface area contributed by atoms with Gasteiger partial charge in [0.15, 0.2) is 0 Å². The standard InChI is InChI=1S/C41H56ClN3O5S/c1-29-9-8-19-41(28-44(21-22-50-41)25-31-10-4-3-5-11-31)37-17-14-34(37)26-45-20-7-6-12-32-23-36(42)16-13-35(32)27-49-39-18-15-33(24-38(39)45)40(46)43-51(47,48)30(29)2/h8,13,15-16,18-19,23-24,29-31,34,37H,3-7,9-12,14,17,20-22,25-28H2,1-2H3,(H,43,46)/b19-8+/t29-,30+,34-,37+,41-/m0/s1. The van der Waals surface area contributed by atoms with Crippen molar-refractivity contribution < 1.29 is 22.7 Å². The zero-order valence-corrected chi connectivity index (χ0v) is 32.0. The summed E-state index contributed by atoms with van der Waals surface area (Å²) in [6.07, 6.45) is 16.8. The van der Waals surface area contributed by atoms with Crippen molar-refractivity contribution in [3.63, 3.8) is 0 Å². The number of benzene rings is 2. The van der Waals surface area contributed by atoms with Gasteiger partial charge in [-0.2, -0.15) is 0 Å². The highest BCUT2D eigenvalue weighted by Gasteiger charge is 2.50. The first-order valence-corrected chi connectivity index (χ1v) is 21.4. The molecule has 0 unspecified atom stereocenters. The van der Waals surface area contributed by atoms with Gasteiger partial charge in [-0.25, -0.2) is 13.1 Å². The summed E-state index contributed by atoms with van der Waals surface area (Å²) < 4.78 is 43.0. The summed E-state index contributed by atoms with van der Waals surface area (Å²) in [6, 6.07) is 11.4. The smallest absolute Gasteiger partial charge is 0.264 e. The minimum atomic E-state index is -3.93. The van der Waals surface area contributed by atoms with Gasteiger partial charge in [0.2, 0.25) is 10.0 Å². The van der Waals surface area contributed by atoms with E-state index in [2.05, 4.69) is 26.7 Å². The lowest BCUT2D eigenvalue weighted by Gasteiger charge is -2.54. The van der Waals surface area contributed by atoms with Crippen molar-refractivity contribution in [2.45, 2.75) is 102 Å². The van der Waals surface area contributed by atoms with E-state index >= 15 is 0 Å². The number of aryl methyl sites for hydroxylation is 1. The number of sulfonamides is 1. The molecule has 3 heterocycles. The molecule has 2 aliphatic carbocycles. The molecular weight excluding hydrogens is 682 g/mol. The maximum absolute atomic E-state index is 13.6. The molecule has 2 bridgehead atoms. The molecule has 3 aliphatic heterocycles. The number of fused-ring (bicyclic) bond motifs is 4. The van der Waals surface area contributed by atoms with Crippen LogP contribution in [0.4, 0.5) is 5.69 Å². The van der Waals surface area contributed by atoms with Crippen molar-refractivity contribution in [2.24, 2.45) is 23.7 Å². The van der Waals surface area contributed by atoms with Gasteiger partial charge in [0.1, 0.15) is 18.0 Å². The van der Waals surface area contributed by atoms with Crippen molar-refractivity contribution in [3.8, 4) is 5.75 Å². The number of carbonyl (C=O) groups is 1. The third kappa shape index (κ3) is 8.32. The van der Waals surface area contributed by atoms with Crippen LogP contribution >= 0.6 is 11.6 Å². The van der Waals surface area contributed by atoms with Crippen molar-refractivity contribution in [1.29, 1.82) is 0 Å². The lowest BCUT2D eigenvalue weighted by molar-refractivity contribution is -0.146. The predicted molar refractivity (Wildman–Crippen MR) is 204 cm³/mol. The Morgan fingerprint density at radius 1 is 0.961 bits per heavy atom. The van der Waals surface area contributed by atoms with Gasteiger partial charge in [-0.05, 0) is 123 Å². The number of rotatable bonds is 2. The van der Waals surface area contributed by atoms with Gasteiger partial charge < -0.3 is 14.4 Å². The molecule has 5 aliphatic rings. The van der Waals surface area contributed by atoms with E-state index < -0.39 is 26.8 Å². The monoisotopic (exact) mass is 737 g/mol. The van der Waals surface area contributed by atoms with E-state index in [1.807, 2.05) is 37.3 Å². The van der Waals surface area contributed by atoms with Crippen molar-refractivity contribution in [1.82, 2.24) is 9.62 Å². The molecular formula is C41H56ClN3O5S. The Labute approximate surface area is 310 Å². The Hall–Kier alpha value is -2.59. The normalized spacial score (nSPS) is 31.6. The Kier molecular flexibility index (Phi) is 11.4.